The van der Waals surface area contributed by atoms with Crippen LogP contribution in [0.25, 0.3) is 16.9 Å². The van der Waals surface area contributed by atoms with E-state index in [9.17, 15) is 4.79 Å². The summed E-state index contributed by atoms with van der Waals surface area (Å²) in [6.07, 6.45) is 9.04. The zero-order valence-electron chi connectivity index (χ0n) is 18.3. The standard InChI is InChI=1S/C26H29BrN4O/c27-20-10-8-18(9-11-20)25-23(30-14-4-3-7-24(30)28-25)17-29-15-21-12-13-22(16-29)31(21)26(32)19-5-1-2-6-19/h3-4,7-11,14,19,21-22H,1-2,5-6,12-13,15-17H2. The largest absolute Gasteiger partial charge is 0.334 e. The minimum Gasteiger partial charge on any atom is -0.334 e. The lowest BCUT2D eigenvalue weighted by Gasteiger charge is -2.42. The molecule has 5 nitrogen and oxygen atoms in total. The number of imidazole rings is 1. The van der Waals surface area contributed by atoms with E-state index in [0.29, 0.717) is 18.0 Å². The Morgan fingerprint density at radius 3 is 2.41 bits per heavy atom. The molecule has 2 bridgehead atoms. The summed E-state index contributed by atoms with van der Waals surface area (Å²) >= 11 is 3.55. The first-order valence-electron chi connectivity index (χ1n) is 11.9. The van der Waals surface area contributed by atoms with Gasteiger partial charge >= 0.3 is 0 Å². The molecule has 2 aliphatic heterocycles. The Bertz CT molecular complexity index is 1120. The lowest BCUT2D eigenvalue weighted by Crippen LogP contribution is -2.56. The smallest absolute Gasteiger partial charge is 0.226 e. The van der Waals surface area contributed by atoms with Crippen LogP contribution < -0.4 is 0 Å². The summed E-state index contributed by atoms with van der Waals surface area (Å²) in [4.78, 5) is 23.0. The van der Waals surface area contributed by atoms with Crippen LogP contribution in [0.1, 0.15) is 44.2 Å². The molecule has 4 heterocycles. The van der Waals surface area contributed by atoms with Crippen molar-refractivity contribution in [2.75, 3.05) is 13.1 Å². The SMILES string of the molecule is O=C(C1CCCC1)N1C2CCC1CN(Cc1c(-c3ccc(Br)cc3)nc3ccccn13)C2. The van der Waals surface area contributed by atoms with Crippen molar-refractivity contribution in [2.45, 2.75) is 57.2 Å². The number of carbonyl (C=O) groups is 1. The van der Waals surface area contributed by atoms with E-state index in [1.165, 1.54) is 18.5 Å². The highest BCUT2D eigenvalue weighted by molar-refractivity contribution is 9.10. The number of likely N-dealkylation sites (tertiary alicyclic amines) is 1. The van der Waals surface area contributed by atoms with Gasteiger partial charge in [0.05, 0.1) is 11.4 Å². The van der Waals surface area contributed by atoms with Crippen molar-refractivity contribution in [1.29, 1.82) is 0 Å². The maximum Gasteiger partial charge on any atom is 0.226 e. The van der Waals surface area contributed by atoms with Gasteiger partial charge in [0.1, 0.15) is 5.65 Å². The Morgan fingerprint density at radius 2 is 1.69 bits per heavy atom. The highest BCUT2D eigenvalue weighted by Gasteiger charge is 2.44. The number of hydrogen-bond acceptors (Lipinski definition) is 3. The van der Waals surface area contributed by atoms with Gasteiger partial charge in [0, 0.05) is 53.9 Å². The molecule has 6 rings (SSSR count). The van der Waals surface area contributed by atoms with E-state index in [0.717, 1.165) is 66.7 Å². The predicted octanol–water partition coefficient (Wildman–Crippen LogP) is 5.13. The minimum atomic E-state index is 0.285. The van der Waals surface area contributed by atoms with E-state index in [2.05, 4.69) is 72.7 Å². The predicted molar refractivity (Wildman–Crippen MR) is 129 cm³/mol. The number of rotatable bonds is 4. The zero-order valence-corrected chi connectivity index (χ0v) is 19.9. The zero-order chi connectivity index (χ0) is 21.7. The fourth-order valence-electron chi connectivity index (χ4n) is 6.11. The first kappa shape index (κ1) is 20.4. The summed E-state index contributed by atoms with van der Waals surface area (Å²) in [5.74, 6) is 0.729. The Labute approximate surface area is 197 Å². The minimum absolute atomic E-state index is 0.285. The lowest BCUT2D eigenvalue weighted by molar-refractivity contribution is -0.141. The average Bonchev–Trinajstić information content (AvgIpc) is 3.52. The monoisotopic (exact) mass is 492 g/mol. The van der Waals surface area contributed by atoms with Crippen LogP contribution in [-0.2, 0) is 11.3 Å². The van der Waals surface area contributed by atoms with Gasteiger partial charge in [0.15, 0.2) is 0 Å². The molecule has 1 aromatic carbocycles. The number of amides is 1. The van der Waals surface area contributed by atoms with Gasteiger partial charge in [-0.3, -0.25) is 9.69 Å². The third-order valence-corrected chi connectivity index (χ3v) is 8.17. The molecular formula is C26H29BrN4O. The summed E-state index contributed by atoms with van der Waals surface area (Å²) in [5, 5.41) is 0. The van der Waals surface area contributed by atoms with Gasteiger partial charge in [-0.2, -0.15) is 0 Å². The number of piperazine rings is 1. The Kier molecular flexibility index (Phi) is 5.30. The first-order valence-corrected chi connectivity index (χ1v) is 12.7. The molecule has 2 aromatic heterocycles. The van der Waals surface area contributed by atoms with Crippen molar-refractivity contribution in [3.63, 3.8) is 0 Å². The third-order valence-electron chi connectivity index (χ3n) is 7.64. The summed E-state index contributed by atoms with van der Waals surface area (Å²) in [7, 11) is 0. The number of hydrogen-bond donors (Lipinski definition) is 0. The van der Waals surface area contributed by atoms with E-state index in [4.69, 9.17) is 4.98 Å². The number of aromatic nitrogens is 2. The van der Waals surface area contributed by atoms with E-state index >= 15 is 0 Å². The van der Waals surface area contributed by atoms with Gasteiger partial charge in [0.2, 0.25) is 5.91 Å². The molecule has 3 aromatic rings. The fraction of sp³-hybridized carbons (Fsp3) is 0.462. The van der Waals surface area contributed by atoms with Gasteiger partial charge in [-0.1, -0.05) is 47.0 Å². The second-order valence-corrected chi connectivity index (χ2v) is 10.6. The van der Waals surface area contributed by atoms with E-state index in [1.54, 1.807) is 0 Å². The molecule has 2 atom stereocenters. The molecule has 0 N–H and O–H groups in total. The fourth-order valence-corrected chi connectivity index (χ4v) is 6.38. The third kappa shape index (κ3) is 3.57. The van der Waals surface area contributed by atoms with Gasteiger partial charge in [-0.15, -0.1) is 0 Å². The van der Waals surface area contributed by atoms with Crippen LogP contribution in [0.2, 0.25) is 0 Å². The van der Waals surface area contributed by atoms with E-state index in [1.807, 2.05) is 6.07 Å². The molecule has 1 saturated carbocycles. The Hall–Kier alpha value is -2.18. The van der Waals surface area contributed by atoms with Crippen molar-refractivity contribution in [2.24, 2.45) is 5.92 Å². The average molecular weight is 493 g/mol. The summed E-state index contributed by atoms with van der Waals surface area (Å²) < 4.78 is 3.31. The summed E-state index contributed by atoms with van der Waals surface area (Å²) in [5.41, 5.74) is 4.42. The molecule has 3 fully saturated rings. The van der Waals surface area contributed by atoms with Gasteiger partial charge in [0.25, 0.3) is 0 Å². The van der Waals surface area contributed by atoms with E-state index < -0.39 is 0 Å². The highest BCUT2D eigenvalue weighted by Crippen LogP contribution is 2.36. The second-order valence-electron chi connectivity index (χ2n) is 9.65. The Balaban J connectivity index is 1.27. The first-order chi connectivity index (χ1) is 15.7. The van der Waals surface area contributed by atoms with Crippen LogP contribution >= 0.6 is 15.9 Å². The molecular weight excluding hydrogens is 464 g/mol. The van der Waals surface area contributed by atoms with E-state index in [-0.39, 0.29) is 5.92 Å². The molecule has 2 saturated heterocycles. The highest BCUT2D eigenvalue weighted by atomic mass is 79.9. The van der Waals surface area contributed by atoms with Crippen molar-refractivity contribution in [1.82, 2.24) is 19.2 Å². The number of pyridine rings is 1. The summed E-state index contributed by atoms with van der Waals surface area (Å²) in [6, 6.07) is 15.4. The van der Waals surface area contributed by atoms with Crippen LogP contribution in [0.5, 0.6) is 0 Å². The topological polar surface area (TPSA) is 40.9 Å². The molecule has 2 unspecified atom stereocenters. The number of carbonyl (C=O) groups excluding carboxylic acids is 1. The van der Waals surface area contributed by atoms with Crippen molar-refractivity contribution < 1.29 is 4.79 Å². The summed E-state index contributed by atoms with van der Waals surface area (Å²) in [6.45, 7) is 2.79. The molecule has 6 heteroatoms. The van der Waals surface area contributed by atoms with Crippen molar-refractivity contribution >= 4 is 27.5 Å². The Morgan fingerprint density at radius 1 is 0.969 bits per heavy atom. The van der Waals surface area contributed by atoms with Crippen LogP contribution in [0.15, 0.2) is 53.1 Å². The number of fused-ring (bicyclic) bond motifs is 3. The quantitative estimate of drug-likeness (QED) is 0.506. The van der Waals surface area contributed by atoms with Crippen molar-refractivity contribution in [3.05, 3.63) is 58.8 Å². The molecule has 3 aliphatic rings. The normalized spacial score (nSPS) is 24.0. The second kappa shape index (κ2) is 8.31. The maximum atomic E-state index is 13.2. The lowest BCUT2D eigenvalue weighted by atomic mass is 10.0. The number of halogens is 1. The molecule has 166 valence electrons. The number of nitrogens with zero attached hydrogens (tertiary/aromatic N) is 4. The van der Waals surface area contributed by atoms with Gasteiger partial charge < -0.3 is 9.30 Å². The maximum absolute atomic E-state index is 13.2. The van der Waals surface area contributed by atoms with Crippen LogP contribution in [0, 0.1) is 5.92 Å². The number of benzene rings is 1. The van der Waals surface area contributed by atoms with Gasteiger partial charge in [-0.25, -0.2) is 4.98 Å². The van der Waals surface area contributed by atoms with Crippen LogP contribution in [0.3, 0.4) is 0 Å². The van der Waals surface area contributed by atoms with Crippen LogP contribution in [0.4, 0.5) is 0 Å². The van der Waals surface area contributed by atoms with Gasteiger partial charge in [-0.05, 0) is 49.9 Å². The molecule has 1 aliphatic carbocycles. The molecule has 32 heavy (non-hydrogen) atoms. The molecule has 0 spiro atoms. The van der Waals surface area contributed by atoms with Crippen molar-refractivity contribution in [3.8, 4) is 11.3 Å². The molecule has 0 radical (unpaired) electrons. The van der Waals surface area contributed by atoms with Crippen LogP contribution in [-0.4, -0.2) is 50.3 Å². The molecule has 1 amide bonds.